The average molecular weight is 216 g/mol. The van der Waals surface area contributed by atoms with Crippen LogP contribution in [-0.2, 0) is 0 Å². The van der Waals surface area contributed by atoms with Gasteiger partial charge in [-0.2, -0.15) is 5.26 Å². The van der Waals surface area contributed by atoms with E-state index in [9.17, 15) is 4.39 Å². The molecular formula is C8H7BrFN. The summed E-state index contributed by atoms with van der Waals surface area (Å²) in [5, 5.41) is 9.13. The van der Waals surface area contributed by atoms with Gasteiger partial charge in [0.2, 0.25) is 0 Å². The van der Waals surface area contributed by atoms with Gasteiger partial charge in [-0.05, 0) is 18.9 Å². The number of alkyl halides is 1. The van der Waals surface area contributed by atoms with Crippen LogP contribution in [0, 0.1) is 11.3 Å². The van der Waals surface area contributed by atoms with Crippen molar-refractivity contribution in [3.05, 3.63) is 23.0 Å². The van der Waals surface area contributed by atoms with Crippen LogP contribution in [-0.4, -0.2) is 5.33 Å². The molecule has 1 nitrogen and oxygen atoms in total. The van der Waals surface area contributed by atoms with E-state index < -0.39 is 0 Å². The van der Waals surface area contributed by atoms with Crippen molar-refractivity contribution < 1.29 is 4.39 Å². The number of nitriles is 1. The van der Waals surface area contributed by atoms with Crippen molar-refractivity contribution in [2.45, 2.75) is 12.8 Å². The van der Waals surface area contributed by atoms with Crippen LogP contribution in [0.25, 0.3) is 0 Å². The Bertz CT molecular complexity index is 260. The van der Waals surface area contributed by atoms with Gasteiger partial charge in [0, 0.05) is 5.33 Å². The number of nitrogens with zero attached hydrogens (tertiary/aromatic N) is 1. The third kappa shape index (κ3) is 1.90. The molecule has 1 aliphatic rings. The lowest BCUT2D eigenvalue weighted by Gasteiger charge is -2.08. The Hall–Kier alpha value is -0.620. The van der Waals surface area contributed by atoms with E-state index in [1.54, 1.807) is 0 Å². The van der Waals surface area contributed by atoms with Crippen LogP contribution in [0.4, 0.5) is 4.39 Å². The highest BCUT2D eigenvalue weighted by atomic mass is 79.9. The number of hydrogen-bond donors (Lipinski definition) is 0. The minimum Gasteiger partial charge on any atom is -0.206 e. The second-order valence-electron chi connectivity index (χ2n) is 2.37. The fourth-order valence-corrected chi connectivity index (χ4v) is 1.40. The normalized spacial score (nSPS) is 17.7. The molecule has 0 radical (unpaired) electrons. The van der Waals surface area contributed by atoms with E-state index in [0.717, 1.165) is 12.0 Å². The summed E-state index contributed by atoms with van der Waals surface area (Å²) in [6.07, 6.45) is 2.78. The van der Waals surface area contributed by atoms with Crippen LogP contribution in [0.15, 0.2) is 23.0 Å². The molecule has 1 rings (SSSR count). The van der Waals surface area contributed by atoms with Crippen molar-refractivity contribution >= 4 is 15.9 Å². The average Bonchev–Trinajstić information content (AvgIpc) is 2.04. The number of allylic oxidation sites excluding steroid dienone is 4. The Morgan fingerprint density at radius 2 is 2.36 bits per heavy atom. The van der Waals surface area contributed by atoms with Crippen molar-refractivity contribution in [2.24, 2.45) is 0 Å². The minimum absolute atomic E-state index is 0.273. The first-order chi connectivity index (χ1) is 5.27. The number of halogens is 2. The first-order valence-electron chi connectivity index (χ1n) is 3.32. The maximum Gasteiger partial charge on any atom is 0.136 e. The fourth-order valence-electron chi connectivity index (χ4n) is 0.958. The van der Waals surface area contributed by atoms with E-state index in [2.05, 4.69) is 15.9 Å². The van der Waals surface area contributed by atoms with E-state index in [1.807, 2.05) is 6.07 Å². The Morgan fingerprint density at radius 3 is 2.82 bits per heavy atom. The highest BCUT2D eigenvalue weighted by molar-refractivity contribution is 9.09. The Morgan fingerprint density at radius 1 is 1.64 bits per heavy atom. The lowest BCUT2D eigenvalue weighted by Crippen LogP contribution is -1.96. The molecule has 0 N–H and O–H groups in total. The Kier molecular flexibility index (Phi) is 2.84. The van der Waals surface area contributed by atoms with Gasteiger partial charge in [-0.1, -0.05) is 21.5 Å². The van der Waals surface area contributed by atoms with Crippen LogP contribution in [0.1, 0.15) is 12.8 Å². The van der Waals surface area contributed by atoms with Gasteiger partial charge in [-0.25, -0.2) is 4.39 Å². The van der Waals surface area contributed by atoms with Gasteiger partial charge in [-0.15, -0.1) is 0 Å². The molecule has 0 saturated heterocycles. The van der Waals surface area contributed by atoms with Gasteiger partial charge in [0.25, 0.3) is 0 Å². The Labute approximate surface area is 73.3 Å². The zero-order valence-electron chi connectivity index (χ0n) is 5.90. The summed E-state index contributed by atoms with van der Waals surface area (Å²) in [5.74, 6) is -0.367. The van der Waals surface area contributed by atoms with Crippen LogP contribution >= 0.6 is 15.9 Å². The predicted molar refractivity (Wildman–Crippen MR) is 44.9 cm³/mol. The standard InChI is InChI=1S/C8H7BrFN/c9-4-6-1-2-7(5-11)8(10)3-6/h3H,1-2,4H2. The highest BCUT2D eigenvalue weighted by Gasteiger charge is 2.11. The summed E-state index contributed by atoms with van der Waals surface area (Å²) in [6.45, 7) is 0. The summed E-state index contributed by atoms with van der Waals surface area (Å²) in [7, 11) is 0. The molecule has 0 aromatic rings. The molecule has 11 heavy (non-hydrogen) atoms. The number of rotatable bonds is 1. The maximum absolute atomic E-state index is 12.8. The van der Waals surface area contributed by atoms with Crippen LogP contribution in [0.3, 0.4) is 0 Å². The maximum atomic E-state index is 12.8. The molecule has 0 spiro atoms. The van der Waals surface area contributed by atoms with E-state index in [1.165, 1.54) is 6.08 Å². The smallest absolute Gasteiger partial charge is 0.136 e. The number of hydrogen-bond acceptors (Lipinski definition) is 1. The molecular weight excluding hydrogens is 209 g/mol. The van der Waals surface area contributed by atoms with Crippen LogP contribution < -0.4 is 0 Å². The third-order valence-electron chi connectivity index (χ3n) is 1.62. The molecule has 0 aromatic heterocycles. The lowest BCUT2D eigenvalue weighted by molar-refractivity contribution is 0.638. The van der Waals surface area contributed by atoms with Crippen molar-refractivity contribution in [1.29, 1.82) is 5.26 Å². The van der Waals surface area contributed by atoms with Crippen molar-refractivity contribution in [3.8, 4) is 6.07 Å². The van der Waals surface area contributed by atoms with Crippen LogP contribution in [0.5, 0.6) is 0 Å². The van der Waals surface area contributed by atoms with E-state index in [4.69, 9.17) is 5.26 Å². The van der Waals surface area contributed by atoms with E-state index in [-0.39, 0.29) is 11.4 Å². The topological polar surface area (TPSA) is 23.8 Å². The molecule has 0 atom stereocenters. The first kappa shape index (κ1) is 8.48. The molecule has 0 bridgehead atoms. The van der Waals surface area contributed by atoms with Gasteiger partial charge < -0.3 is 0 Å². The molecule has 0 aliphatic heterocycles. The zero-order chi connectivity index (χ0) is 8.27. The fraction of sp³-hybridized carbons (Fsp3) is 0.375. The van der Waals surface area contributed by atoms with Crippen molar-refractivity contribution in [2.75, 3.05) is 5.33 Å². The molecule has 0 heterocycles. The van der Waals surface area contributed by atoms with Crippen molar-refractivity contribution in [1.82, 2.24) is 0 Å². The van der Waals surface area contributed by atoms with E-state index >= 15 is 0 Å². The van der Waals surface area contributed by atoms with Gasteiger partial charge in [0.1, 0.15) is 5.83 Å². The van der Waals surface area contributed by atoms with Gasteiger partial charge >= 0.3 is 0 Å². The molecule has 1 aliphatic carbocycles. The van der Waals surface area contributed by atoms with Gasteiger partial charge in [0.15, 0.2) is 0 Å². The quantitative estimate of drug-likeness (QED) is 0.618. The van der Waals surface area contributed by atoms with Gasteiger partial charge in [-0.3, -0.25) is 0 Å². The molecule has 0 saturated carbocycles. The molecule has 0 amide bonds. The van der Waals surface area contributed by atoms with Gasteiger partial charge in [0.05, 0.1) is 11.6 Å². The first-order valence-corrected chi connectivity index (χ1v) is 4.44. The predicted octanol–water partition coefficient (Wildman–Crippen LogP) is 2.85. The molecule has 3 heteroatoms. The molecule has 0 aromatic carbocycles. The summed E-state index contributed by atoms with van der Waals surface area (Å²) in [6, 6.07) is 1.84. The second-order valence-corrected chi connectivity index (χ2v) is 2.94. The zero-order valence-corrected chi connectivity index (χ0v) is 7.49. The summed E-state index contributed by atoms with van der Waals surface area (Å²) in [4.78, 5) is 0. The summed E-state index contributed by atoms with van der Waals surface area (Å²) in [5.41, 5.74) is 1.29. The largest absolute Gasteiger partial charge is 0.206 e. The van der Waals surface area contributed by atoms with Crippen LogP contribution in [0.2, 0.25) is 0 Å². The molecule has 58 valence electrons. The Balaban J connectivity index is 2.87. The second kappa shape index (κ2) is 3.68. The molecule has 0 fully saturated rings. The summed E-state index contributed by atoms with van der Waals surface area (Å²) >= 11 is 3.24. The lowest BCUT2D eigenvalue weighted by atomic mass is 10.00. The SMILES string of the molecule is N#CC1=C(F)C=C(CBr)CC1. The molecule has 0 unspecified atom stereocenters. The monoisotopic (exact) mass is 215 g/mol. The van der Waals surface area contributed by atoms with E-state index in [0.29, 0.717) is 11.8 Å². The minimum atomic E-state index is -0.367. The van der Waals surface area contributed by atoms with Crippen molar-refractivity contribution in [3.63, 3.8) is 0 Å². The third-order valence-corrected chi connectivity index (χ3v) is 2.34. The summed E-state index contributed by atoms with van der Waals surface area (Å²) < 4.78 is 12.8. The highest BCUT2D eigenvalue weighted by Crippen LogP contribution is 2.24.